The van der Waals surface area contributed by atoms with Crippen molar-refractivity contribution >= 4 is 21.6 Å². The van der Waals surface area contributed by atoms with Crippen LogP contribution in [0.3, 0.4) is 0 Å². The Hall–Kier alpha value is -0.580. The molecule has 0 saturated heterocycles. The van der Waals surface area contributed by atoms with Crippen molar-refractivity contribution in [3.05, 3.63) is 28.2 Å². The number of aliphatic hydroxyl groups excluding tert-OH is 1. The second kappa shape index (κ2) is 6.55. The monoisotopic (exact) mass is 313 g/mol. The van der Waals surface area contributed by atoms with Crippen LogP contribution in [0.5, 0.6) is 0 Å². The summed E-state index contributed by atoms with van der Waals surface area (Å²) in [4.78, 5) is 0. The molecule has 0 spiro atoms. The van der Waals surface area contributed by atoms with Gasteiger partial charge < -0.3 is 15.2 Å². The lowest BCUT2D eigenvalue weighted by Gasteiger charge is -2.15. The van der Waals surface area contributed by atoms with Gasteiger partial charge >= 0.3 is 0 Å². The van der Waals surface area contributed by atoms with E-state index in [4.69, 9.17) is 4.74 Å². The van der Waals surface area contributed by atoms with Crippen molar-refractivity contribution in [3.8, 4) is 0 Å². The van der Waals surface area contributed by atoms with Crippen LogP contribution in [0.25, 0.3) is 0 Å². The van der Waals surface area contributed by atoms with Gasteiger partial charge in [-0.25, -0.2) is 0 Å². The van der Waals surface area contributed by atoms with Crippen molar-refractivity contribution in [2.45, 2.75) is 25.9 Å². The second-order valence-corrected chi connectivity index (χ2v) is 5.89. The van der Waals surface area contributed by atoms with E-state index in [2.05, 4.69) is 21.2 Å². The highest BCUT2D eigenvalue weighted by Gasteiger charge is 2.21. The van der Waals surface area contributed by atoms with Crippen LogP contribution in [-0.2, 0) is 4.74 Å². The highest BCUT2D eigenvalue weighted by atomic mass is 79.9. The van der Waals surface area contributed by atoms with E-state index in [1.807, 2.05) is 25.1 Å². The number of hydrogen-bond donors (Lipinski definition) is 2. The van der Waals surface area contributed by atoms with Crippen LogP contribution in [0.4, 0.5) is 5.69 Å². The lowest BCUT2D eigenvalue weighted by Crippen LogP contribution is -2.25. The average Bonchev–Trinajstić information content (AvgIpc) is 3.14. The molecule has 1 saturated carbocycles. The fourth-order valence-corrected chi connectivity index (χ4v) is 2.09. The van der Waals surface area contributed by atoms with Crippen LogP contribution >= 0.6 is 15.9 Å². The van der Waals surface area contributed by atoms with Gasteiger partial charge in [0.05, 0.1) is 12.7 Å². The van der Waals surface area contributed by atoms with Crippen LogP contribution in [0.2, 0.25) is 0 Å². The molecule has 0 heterocycles. The predicted molar refractivity (Wildman–Crippen MR) is 76.9 cm³/mol. The fraction of sp³-hybridized carbons (Fsp3) is 0.571. The molecule has 2 rings (SSSR count). The maximum Gasteiger partial charge on any atom is 0.0945 e. The molecule has 2 N–H and O–H groups in total. The van der Waals surface area contributed by atoms with Gasteiger partial charge in [-0.2, -0.15) is 0 Å². The summed E-state index contributed by atoms with van der Waals surface area (Å²) in [7, 11) is 0. The third-order valence-corrected chi connectivity index (χ3v) is 3.58. The molecule has 1 aliphatic rings. The Bertz CT molecular complexity index is 393. The van der Waals surface area contributed by atoms with Gasteiger partial charge in [0.25, 0.3) is 0 Å². The molecule has 0 aliphatic heterocycles. The minimum absolute atomic E-state index is 0.413. The predicted octanol–water partition coefficient (Wildman–Crippen LogP) is 2.96. The zero-order chi connectivity index (χ0) is 13.0. The molecule has 1 unspecified atom stereocenters. The van der Waals surface area contributed by atoms with Gasteiger partial charge in [0, 0.05) is 23.3 Å². The first-order valence-electron chi connectivity index (χ1n) is 6.41. The van der Waals surface area contributed by atoms with E-state index in [1.54, 1.807) is 0 Å². The lowest BCUT2D eigenvalue weighted by molar-refractivity contribution is 0.0386. The molecule has 1 aromatic carbocycles. The van der Waals surface area contributed by atoms with Gasteiger partial charge in [-0.3, -0.25) is 0 Å². The molecule has 1 aliphatic carbocycles. The first-order chi connectivity index (χ1) is 8.65. The van der Waals surface area contributed by atoms with Gasteiger partial charge in [-0.15, -0.1) is 0 Å². The molecule has 0 bridgehead atoms. The molecular weight excluding hydrogens is 294 g/mol. The van der Waals surface area contributed by atoms with Crippen LogP contribution in [0.15, 0.2) is 22.7 Å². The first-order valence-corrected chi connectivity index (χ1v) is 7.20. The summed E-state index contributed by atoms with van der Waals surface area (Å²) in [5.41, 5.74) is 2.22. The van der Waals surface area contributed by atoms with Crippen molar-refractivity contribution in [2.24, 2.45) is 5.92 Å². The number of hydrogen-bond acceptors (Lipinski definition) is 3. The van der Waals surface area contributed by atoms with Crippen LogP contribution in [0, 0.1) is 12.8 Å². The number of nitrogens with one attached hydrogen (secondary N) is 1. The Labute approximate surface area is 117 Å². The number of halogens is 1. The summed E-state index contributed by atoms with van der Waals surface area (Å²) in [5, 5.41) is 13.1. The zero-order valence-corrected chi connectivity index (χ0v) is 12.2. The fourth-order valence-electron chi connectivity index (χ4n) is 1.73. The highest BCUT2D eigenvalue weighted by molar-refractivity contribution is 9.10. The van der Waals surface area contributed by atoms with Crippen LogP contribution in [0.1, 0.15) is 18.4 Å². The van der Waals surface area contributed by atoms with Gasteiger partial charge in [-0.05, 0) is 43.4 Å². The zero-order valence-electron chi connectivity index (χ0n) is 10.7. The quantitative estimate of drug-likeness (QED) is 0.813. The summed E-state index contributed by atoms with van der Waals surface area (Å²) in [6.07, 6.45) is 2.11. The minimum Gasteiger partial charge on any atom is -0.389 e. The van der Waals surface area contributed by atoms with E-state index in [9.17, 15) is 5.11 Å². The van der Waals surface area contributed by atoms with Crippen LogP contribution in [-0.4, -0.2) is 31.0 Å². The Balaban J connectivity index is 1.70. The largest absolute Gasteiger partial charge is 0.389 e. The van der Waals surface area contributed by atoms with Crippen molar-refractivity contribution < 1.29 is 9.84 Å². The normalized spacial score (nSPS) is 16.6. The second-order valence-electron chi connectivity index (χ2n) is 4.97. The van der Waals surface area contributed by atoms with E-state index < -0.39 is 6.10 Å². The average molecular weight is 314 g/mol. The standard InChI is InChI=1S/C14H20BrNO2/c1-10-2-5-12(15)6-14(10)16-7-13(17)9-18-8-11-3-4-11/h2,5-6,11,13,16-17H,3-4,7-9H2,1H3. The van der Waals surface area contributed by atoms with Crippen molar-refractivity contribution in [3.63, 3.8) is 0 Å². The minimum atomic E-state index is -0.456. The Morgan fingerprint density at radius 2 is 2.28 bits per heavy atom. The summed E-state index contributed by atoms with van der Waals surface area (Å²) >= 11 is 3.44. The Kier molecular flexibility index (Phi) is 5.03. The number of rotatable bonds is 7. The Morgan fingerprint density at radius 3 is 3.00 bits per heavy atom. The van der Waals surface area contributed by atoms with E-state index >= 15 is 0 Å². The molecule has 1 aromatic rings. The number of anilines is 1. The third-order valence-electron chi connectivity index (χ3n) is 3.09. The van der Waals surface area contributed by atoms with E-state index in [0.29, 0.717) is 13.2 Å². The summed E-state index contributed by atoms with van der Waals surface area (Å²) < 4.78 is 6.50. The molecule has 1 fully saturated rings. The summed E-state index contributed by atoms with van der Waals surface area (Å²) in [6.45, 7) is 3.77. The first kappa shape index (κ1) is 13.8. The smallest absolute Gasteiger partial charge is 0.0945 e. The number of ether oxygens (including phenoxy) is 1. The molecule has 0 amide bonds. The maximum atomic E-state index is 9.80. The molecule has 18 heavy (non-hydrogen) atoms. The van der Waals surface area contributed by atoms with Crippen molar-refractivity contribution in [2.75, 3.05) is 25.1 Å². The van der Waals surface area contributed by atoms with E-state index in [1.165, 1.54) is 18.4 Å². The Morgan fingerprint density at radius 1 is 1.50 bits per heavy atom. The highest BCUT2D eigenvalue weighted by Crippen LogP contribution is 2.28. The lowest BCUT2D eigenvalue weighted by atomic mass is 10.2. The van der Waals surface area contributed by atoms with Crippen molar-refractivity contribution in [1.82, 2.24) is 0 Å². The topological polar surface area (TPSA) is 41.5 Å². The summed E-state index contributed by atoms with van der Waals surface area (Å²) in [6, 6.07) is 6.07. The van der Waals surface area contributed by atoms with E-state index in [0.717, 1.165) is 22.7 Å². The van der Waals surface area contributed by atoms with Gasteiger partial charge in [0.15, 0.2) is 0 Å². The van der Waals surface area contributed by atoms with Gasteiger partial charge in [-0.1, -0.05) is 22.0 Å². The number of aryl methyl sites for hydroxylation is 1. The van der Waals surface area contributed by atoms with Crippen molar-refractivity contribution in [1.29, 1.82) is 0 Å². The molecular formula is C14H20BrNO2. The number of aliphatic hydroxyl groups is 1. The molecule has 4 heteroatoms. The molecule has 0 aromatic heterocycles. The summed E-state index contributed by atoms with van der Waals surface area (Å²) in [5.74, 6) is 0.748. The van der Waals surface area contributed by atoms with Gasteiger partial charge in [0.2, 0.25) is 0 Å². The molecule has 3 nitrogen and oxygen atoms in total. The molecule has 1 atom stereocenters. The maximum absolute atomic E-state index is 9.80. The van der Waals surface area contributed by atoms with Gasteiger partial charge in [0.1, 0.15) is 0 Å². The SMILES string of the molecule is Cc1ccc(Br)cc1NCC(O)COCC1CC1. The van der Waals surface area contributed by atoms with E-state index in [-0.39, 0.29) is 0 Å². The molecule has 100 valence electrons. The molecule has 0 radical (unpaired) electrons. The third kappa shape index (κ3) is 4.59. The number of benzene rings is 1. The van der Waals surface area contributed by atoms with Crippen LogP contribution < -0.4 is 5.32 Å².